The van der Waals surface area contributed by atoms with Crippen LogP contribution in [0.5, 0.6) is 0 Å². The van der Waals surface area contributed by atoms with Crippen LogP contribution < -0.4 is 10.0 Å². The molecule has 1 heterocycles. The Morgan fingerprint density at radius 2 is 1.95 bits per heavy atom. The van der Waals surface area contributed by atoms with E-state index in [9.17, 15) is 8.42 Å². The highest BCUT2D eigenvalue weighted by Crippen LogP contribution is 2.19. The van der Waals surface area contributed by atoms with Gasteiger partial charge in [0.25, 0.3) is 0 Å². The molecule has 1 aromatic heterocycles. The van der Waals surface area contributed by atoms with Crippen molar-refractivity contribution in [2.75, 3.05) is 0 Å². The molecule has 7 heteroatoms. The second-order valence-corrected chi connectivity index (χ2v) is 7.80. The Morgan fingerprint density at radius 3 is 2.57 bits per heavy atom. The lowest BCUT2D eigenvalue weighted by Crippen LogP contribution is -2.23. The van der Waals surface area contributed by atoms with Gasteiger partial charge >= 0.3 is 0 Å². The van der Waals surface area contributed by atoms with Gasteiger partial charge in [0, 0.05) is 24.2 Å². The molecule has 1 aliphatic carbocycles. The van der Waals surface area contributed by atoms with Gasteiger partial charge in [0.15, 0.2) is 0 Å². The predicted molar refractivity (Wildman–Crippen MR) is 82.4 cm³/mol. The van der Waals surface area contributed by atoms with E-state index in [1.54, 1.807) is 18.3 Å². The van der Waals surface area contributed by atoms with Gasteiger partial charge in [-0.15, -0.1) is 11.3 Å². The fraction of sp³-hybridized carbons (Fsp3) is 0.357. The van der Waals surface area contributed by atoms with Crippen molar-refractivity contribution >= 4 is 21.4 Å². The van der Waals surface area contributed by atoms with Crippen LogP contribution in [0, 0.1) is 0 Å². The molecule has 1 fully saturated rings. The van der Waals surface area contributed by atoms with E-state index < -0.39 is 10.0 Å². The average Bonchev–Trinajstić information content (AvgIpc) is 3.17. The Morgan fingerprint density at radius 1 is 1.19 bits per heavy atom. The van der Waals surface area contributed by atoms with Gasteiger partial charge in [-0.05, 0) is 30.5 Å². The van der Waals surface area contributed by atoms with Gasteiger partial charge in [0.05, 0.1) is 11.4 Å². The maximum atomic E-state index is 12.2. The summed E-state index contributed by atoms with van der Waals surface area (Å²) in [6.07, 6.45) is 4.15. The summed E-state index contributed by atoms with van der Waals surface area (Å²) in [6.45, 7) is 1.02. The molecule has 1 saturated carbocycles. The van der Waals surface area contributed by atoms with E-state index in [0.717, 1.165) is 17.1 Å². The molecule has 0 aliphatic heterocycles. The van der Waals surface area contributed by atoms with Crippen LogP contribution in [0.4, 0.5) is 0 Å². The molecule has 112 valence electrons. The lowest BCUT2D eigenvalue weighted by Gasteiger charge is -2.07. The van der Waals surface area contributed by atoms with Crippen molar-refractivity contribution in [1.82, 2.24) is 15.0 Å². The standard InChI is InChI=1S/C14H17N3O2S2/c18-21(19,17-10-14-15-7-8-20-14)13-5-1-11(2-6-13)9-16-12-3-4-12/h1-2,5-8,12,16-17H,3-4,9-10H2. The van der Waals surface area contributed by atoms with Gasteiger partial charge < -0.3 is 5.32 Å². The summed E-state index contributed by atoms with van der Waals surface area (Å²) in [4.78, 5) is 4.34. The highest BCUT2D eigenvalue weighted by molar-refractivity contribution is 7.89. The highest BCUT2D eigenvalue weighted by Gasteiger charge is 2.20. The van der Waals surface area contributed by atoms with E-state index in [-0.39, 0.29) is 11.4 Å². The molecule has 2 aromatic rings. The maximum absolute atomic E-state index is 12.2. The van der Waals surface area contributed by atoms with Crippen molar-refractivity contribution in [3.63, 3.8) is 0 Å². The normalized spacial score (nSPS) is 15.2. The molecular formula is C14H17N3O2S2. The fourth-order valence-corrected chi connectivity index (χ4v) is 3.55. The Labute approximate surface area is 128 Å². The minimum Gasteiger partial charge on any atom is -0.310 e. The van der Waals surface area contributed by atoms with Crippen LogP contribution in [0.2, 0.25) is 0 Å². The van der Waals surface area contributed by atoms with Crippen LogP contribution in [-0.4, -0.2) is 19.4 Å². The van der Waals surface area contributed by atoms with E-state index >= 15 is 0 Å². The number of benzene rings is 1. The Hall–Kier alpha value is -1.28. The summed E-state index contributed by atoms with van der Waals surface area (Å²) in [6, 6.07) is 7.65. The van der Waals surface area contributed by atoms with Gasteiger partial charge in [-0.1, -0.05) is 12.1 Å². The molecule has 1 aromatic carbocycles. The lowest BCUT2D eigenvalue weighted by atomic mass is 10.2. The third-order valence-corrected chi connectivity index (χ3v) is 5.50. The van der Waals surface area contributed by atoms with Gasteiger partial charge in [0.1, 0.15) is 5.01 Å². The van der Waals surface area contributed by atoms with E-state index in [0.29, 0.717) is 6.04 Å². The van der Waals surface area contributed by atoms with Gasteiger partial charge in [0.2, 0.25) is 10.0 Å². The molecule has 0 atom stereocenters. The van der Waals surface area contributed by atoms with Crippen molar-refractivity contribution in [1.29, 1.82) is 0 Å². The number of rotatable bonds is 7. The zero-order valence-corrected chi connectivity index (χ0v) is 13.1. The third-order valence-electron chi connectivity index (χ3n) is 3.30. The maximum Gasteiger partial charge on any atom is 0.240 e. The van der Waals surface area contributed by atoms with Crippen molar-refractivity contribution < 1.29 is 8.42 Å². The second-order valence-electron chi connectivity index (χ2n) is 5.05. The highest BCUT2D eigenvalue weighted by atomic mass is 32.2. The first-order valence-electron chi connectivity index (χ1n) is 6.84. The van der Waals surface area contributed by atoms with E-state index in [1.807, 2.05) is 17.5 Å². The zero-order chi connectivity index (χ0) is 14.7. The number of hydrogen-bond acceptors (Lipinski definition) is 5. The van der Waals surface area contributed by atoms with Gasteiger partial charge in [-0.2, -0.15) is 0 Å². The van der Waals surface area contributed by atoms with Crippen molar-refractivity contribution in [3.05, 3.63) is 46.4 Å². The number of nitrogens with one attached hydrogen (secondary N) is 2. The first-order valence-corrected chi connectivity index (χ1v) is 9.20. The van der Waals surface area contributed by atoms with Crippen molar-refractivity contribution in [2.24, 2.45) is 0 Å². The number of sulfonamides is 1. The van der Waals surface area contributed by atoms with Crippen LogP contribution >= 0.6 is 11.3 Å². The van der Waals surface area contributed by atoms with Gasteiger partial charge in [-0.3, -0.25) is 0 Å². The monoisotopic (exact) mass is 323 g/mol. The minimum absolute atomic E-state index is 0.227. The van der Waals surface area contributed by atoms with Crippen LogP contribution in [0.15, 0.2) is 40.7 Å². The molecule has 0 amide bonds. The predicted octanol–water partition coefficient (Wildman–Crippen LogP) is 1.87. The molecule has 1 aliphatic rings. The molecule has 0 saturated heterocycles. The van der Waals surface area contributed by atoms with Crippen molar-refractivity contribution in [2.45, 2.75) is 36.9 Å². The molecule has 0 spiro atoms. The molecule has 21 heavy (non-hydrogen) atoms. The number of aromatic nitrogens is 1. The summed E-state index contributed by atoms with van der Waals surface area (Å²) in [7, 11) is -3.48. The number of nitrogens with zero attached hydrogens (tertiary/aromatic N) is 1. The topological polar surface area (TPSA) is 71.1 Å². The largest absolute Gasteiger partial charge is 0.310 e. The summed E-state index contributed by atoms with van der Waals surface area (Å²) < 4.78 is 26.9. The van der Waals surface area contributed by atoms with E-state index in [4.69, 9.17) is 0 Å². The number of hydrogen-bond donors (Lipinski definition) is 2. The lowest BCUT2D eigenvalue weighted by molar-refractivity contribution is 0.581. The molecule has 5 nitrogen and oxygen atoms in total. The average molecular weight is 323 g/mol. The fourth-order valence-electron chi connectivity index (χ4n) is 1.92. The summed E-state index contributed by atoms with van der Waals surface area (Å²) in [5.41, 5.74) is 1.10. The summed E-state index contributed by atoms with van der Waals surface area (Å²) >= 11 is 1.43. The molecule has 3 rings (SSSR count). The summed E-state index contributed by atoms with van der Waals surface area (Å²) in [5.74, 6) is 0. The molecule has 2 N–H and O–H groups in total. The second kappa shape index (κ2) is 6.23. The van der Waals surface area contributed by atoms with Gasteiger partial charge in [-0.25, -0.2) is 18.1 Å². The molecule has 0 unspecified atom stereocenters. The van der Waals surface area contributed by atoms with E-state index in [2.05, 4.69) is 15.0 Å². The zero-order valence-electron chi connectivity index (χ0n) is 11.5. The van der Waals surface area contributed by atoms with Crippen LogP contribution in [-0.2, 0) is 23.1 Å². The Balaban J connectivity index is 1.61. The quantitative estimate of drug-likeness (QED) is 0.816. The molecular weight excluding hydrogens is 306 g/mol. The molecule has 0 radical (unpaired) electrons. The SMILES string of the molecule is O=S(=O)(NCc1nccs1)c1ccc(CNC2CC2)cc1. The van der Waals surface area contributed by atoms with Crippen LogP contribution in [0.3, 0.4) is 0 Å². The summed E-state index contributed by atoms with van der Waals surface area (Å²) in [5, 5.41) is 5.98. The molecule has 0 bridgehead atoms. The smallest absolute Gasteiger partial charge is 0.240 e. The third kappa shape index (κ3) is 4.10. The first-order chi connectivity index (χ1) is 10.1. The Kier molecular flexibility index (Phi) is 4.34. The Bertz CT molecular complexity index is 678. The van der Waals surface area contributed by atoms with Crippen LogP contribution in [0.25, 0.3) is 0 Å². The number of thiazole rings is 1. The first kappa shape index (κ1) is 14.6. The van der Waals surface area contributed by atoms with E-state index in [1.165, 1.54) is 24.2 Å². The van der Waals surface area contributed by atoms with Crippen molar-refractivity contribution in [3.8, 4) is 0 Å². The van der Waals surface area contributed by atoms with Crippen LogP contribution in [0.1, 0.15) is 23.4 Å². The minimum atomic E-state index is -3.48.